The van der Waals surface area contributed by atoms with Crippen molar-refractivity contribution in [2.75, 3.05) is 5.32 Å². The van der Waals surface area contributed by atoms with E-state index in [9.17, 15) is 4.79 Å². The summed E-state index contributed by atoms with van der Waals surface area (Å²) in [6, 6.07) is 9.77. The monoisotopic (exact) mass is 384 g/mol. The molecule has 1 amide bonds. The number of nitrogens with zero attached hydrogens (tertiary/aromatic N) is 3. The number of carbonyl (C=O) groups excluding carboxylic acids is 1. The van der Waals surface area contributed by atoms with Gasteiger partial charge in [-0.05, 0) is 49.2 Å². The lowest BCUT2D eigenvalue weighted by Gasteiger charge is -2.08. The van der Waals surface area contributed by atoms with Gasteiger partial charge in [0, 0.05) is 17.0 Å². The Morgan fingerprint density at radius 3 is 2.65 bits per heavy atom. The van der Waals surface area contributed by atoms with Crippen LogP contribution >= 0.6 is 23.1 Å². The molecule has 0 aliphatic rings. The van der Waals surface area contributed by atoms with E-state index >= 15 is 0 Å². The van der Waals surface area contributed by atoms with Crippen LogP contribution < -0.4 is 5.32 Å². The normalized spacial score (nSPS) is 11.0. The molecule has 0 saturated carbocycles. The molecule has 0 bridgehead atoms. The first-order chi connectivity index (χ1) is 12.4. The highest BCUT2D eigenvalue weighted by atomic mass is 32.2. The number of anilines is 1. The largest absolute Gasteiger partial charge is 0.296 e. The Hall–Kier alpha value is -2.25. The Morgan fingerprint density at radius 1 is 1.15 bits per heavy atom. The fraction of sp³-hybridized carbons (Fsp3) is 0.263. The lowest BCUT2D eigenvalue weighted by atomic mass is 10.1. The van der Waals surface area contributed by atoms with Crippen LogP contribution in [0.5, 0.6) is 0 Å². The summed E-state index contributed by atoms with van der Waals surface area (Å²) in [7, 11) is 0. The number of benzene rings is 1. The predicted octanol–water partition coefficient (Wildman–Crippen LogP) is 5.08. The molecule has 0 aliphatic carbocycles. The zero-order valence-electron chi connectivity index (χ0n) is 15.1. The molecule has 0 saturated heterocycles. The molecule has 1 N–H and O–H groups in total. The molecule has 0 aliphatic heterocycles. The topological polar surface area (TPSA) is 67.8 Å². The van der Waals surface area contributed by atoms with Gasteiger partial charge in [-0.25, -0.2) is 4.98 Å². The van der Waals surface area contributed by atoms with Crippen molar-refractivity contribution in [2.24, 2.45) is 0 Å². The maximum absolute atomic E-state index is 12.7. The van der Waals surface area contributed by atoms with Crippen molar-refractivity contribution in [3.8, 4) is 0 Å². The first kappa shape index (κ1) is 18.5. The molecule has 134 valence electrons. The number of pyridine rings is 1. The summed E-state index contributed by atoms with van der Waals surface area (Å²) in [6.45, 7) is 8.25. The first-order valence-corrected chi connectivity index (χ1v) is 9.92. The van der Waals surface area contributed by atoms with Crippen LogP contribution in [0.3, 0.4) is 0 Å². The Kier molecular flexibility index (Phi) is 5.68. The van der Waals surface area contributed by atoms with Crippen LogP contribution in [0.15, 0.2) is 46.5 Å². The summed E-state index contributed by atoms with van der Waals surface area (Å²) < 4.78 is 0. The molecule has 26 heavy (non-hydrogen) atoms. The highest BCUT2D eigenvalue weighted by molar-refractivity contribution is 7.99. The molecular formula is C19H20N4OS2. The summed E-state index contributed by atoms with van der Waals surface area (Å²) >= 11 is 2.88. The lowest BCUT2D eigenvalue weighted by molar-refractivity contribution is 0.102. The highest BCUT2D eigenvalue weighted by Crippen LogP contribution is 2.30. The smallest absolute Gasteiger partial charge is 0.260 e. The van der Waals surface area contributed by atoms with E-state index in [0.29, 0.717) is 15.7 Å². The molecule has 0 fully saturated rings. The van der Waals surface area contributed by atoms with E-state index in [2.05, 4.69) is 46.5 Å². The third-order valence-electron chi connectivity index (χ3n) is 3.86. The maximum Gasteiger partial charge on any atom is 0.260 e. The molecule has 0 atom stereocenters. The van der Waals surface area contributed by atoms with Crippen molar-refractivity contribution < 1.29 is 4.79 Å². The zero-order chi connectivity index (χ0) is 18.7. The van der Waals surface area contributed by atoms with E-state index in [0.717, 1.165) is 9.90 Å². The minimum Gasteiger partial charge on any atom is -0.296 e. The number of carbonyl (C=O) groups is 1. The van der Waals surface area contributed by atoms with Gasteiger partial charge in [0.1, 0.15) is 10.0 Å². The van der Waals surface area contributed by atoms with Crippen molar-refractivity contribution in [1.29, 1.82) is 0 Å². The minimum absolute atomic E-state index is 0.226. The van der Waals surface area contributed by atoms with Gasteiger partial charge in [0.05, 0.1) is 5.56 Å². The molecule has 5 nitrogen and oxygen atoms in total. The van der Waals surface area contributed by atoms with Gasteiger partial charge < -0.3 is 0 Å². The number of hydrogen-bond donors (Lipinski definition) is 1. The molecular weight excluding hydrogens is 364 g/mol. The standard InChI is InChI=1S/C19H20N4OS2/c1-11(2)17-22-23-19(26-17)21-16(24)15-6-5-9-20-18(15)25-14-8-7-12(3)13(4)10-14/h5-11H,1-4H3,(H,21,23,24). The van der Waals surface area contributed by atoms with E-state index in [1.807, 2.05) is 19.9 Å². The summed E-state index contributed by atoms with van der Waals surface area (Å²) in [4.78, 5) is 18.1. The first-order valence-electron chi connectivity index (χ1n) is 8.29. The van der Waals surface area contributed by atoms with Crippen molar-refractivity contribution in [3.63, 3.8) is 0 Å². The molecule has 2 aromatic heterocycles. The summed E-state index contributed by atoms with van der Waals surface area (Å²) in [6.07, 6.45) is 1.70. The van der Waals surface area contributed by atoms with Crippen molar-refractivity contribution in [1.82, 2.24) is 15.2 Å². The number of aryl methyl sites for hydroxylation is 2. The predicted molar refractivity (Wildman–Crippen MR) is 106 cm³/mol. The number of aromatic nitrogens is 3. The highest BCUT2D eigenvalue weighted by Gasteiger charge is 2.16. The third-order valence-corrected chi connectivity index (χ3v) is 6.01. The van der Waals surface area contributed by atoms with Crippen molar-refractivity contribution in [2.45, 2.75) is 43.5 Å². The van der Waals surface area contributed by atoms with Crippen LogP contribution in [0.4, 0.5) is 5.13 Å². The summed E-state index contributed by atoms with van der Waals surface area (Å²) in [5, 5.41) is 13.1. The van der Waals surface area contributed by atoms with Gasteiger partial charge in [0.2, 0.25) is 5.13 Å². The summed E-state index contributed by atoms with van der Waals surface area (Å²) in [5.74, 6) is 0.0586. The number of rotatable bonds is 5. The van der Waals surface area contributed by atoms with Gasteiger partial charge >= 0.3 is 0 Å². The lowest BCUT2D eigenvalue weighted by Crippen LogP contribution is -2.13. The summed E-state index contributed by atoms with van der Waals surface area (Å²) in [5.41, 5.74) is 2.98. The van der Waals surface area contributed by atoms with Gasteiger partial charge in [0.15, 0.2) is 0 Å². The second kappa shape index (κ2) is 7.97. The average molecular weight is 385 g/mol. The Labute approximate surface area is 161 Å². The molecule has 1 aromatic carbocycles. The van der Waals surface area contributed by atoms with E-state index < -0.39 is 0 Å². The van der Waals surface area contributed by atoms with Gasteiger partial charge in [-0.2, -0.15) is 0 Å². The Balaban J connectivity index is 1.81. The van der Waals surface area contributed by atoms with Crippen LogP contribution in [0.1, 0.15) is 46.3 Å². The van der Waals surface area contributed by atoms with E-state index in [-0.39, 0.29) is 11.8 Å². The van der Waals surface area contributed by atoms with Crippen LogP contribution in [0.2, 0.25) is 0 Å². The molecule has 3 aromatic rings. The average Bonchev–Trinajstić information content (AvgIpc) is 3.07. The zero-order valence-corrected chi connectivity index (χ0v) is 16.7. The Bertz CT molecular complexity index is 937. The van der Waals surface area contributed by atoms with Gasteiger partial charge in [-0.1, -0.05) is 43.0 Å². The quantitative estimate of drug-likeness (QED) is 0.664. The molecule has 0 radical (unpaired) electrons. The van der Waals surface area contributed by atoms with Crippen molar-refractivity contribution >= 4 is 34.1 Å². The fourth-order valence-electron chi connectivity index (χ4n) is 2.22. The van der Waals surface area contributed by atoms with Crippen LogP contribution in [-0.2, 0) is 0 Å². The van der Waals surface area contributed by atoms with E-state index in [4.69, 9.17) is 0 Å². The number of hydrogen-bond acceptors (Lipinski definition) is 6. The number of amides is 1. The minimum atomic E-state index is -0.226. The van der Waals surface area contributed by atoms with Gasteiger partial charge in [-0.15, -0.1) is 10.2 Å². The number of nitrogens with one attached hydrogen (secondary N) is 1. The van der Waals surface area contributed by atoms with Crippen LogP contribution in [-0.4, -0.2) is 21.1 Å². The molecule has 0 spiro atoms. The molecule has 7 heteroatoms. The Morgan fingerprint density at radius 2 is 1.96 bits per heavy atom. The fourth-order valence-corrected chi connectivity index (χ4v) is 3.94. The second-order valence-corrected chi connectivity index (χ2v) is 8.33. The molecule has 2 heterocycles. The third kappa shape index (κ3) is 4.28. The molecule has 0 unspecified atom stereocenters. The van der Waals surface area contributed by atoms with Crippen molar-refractivity contribution in [3.05, 3.63) is 58.2 Å². The van der Waals surface area contributed by atoms with Crippen LogP contribution in [0.25, 0.3) is 0 Å². The molecule has 3 rings (SSSR count). The maximum atomic E-state index is 12.7. The van der Waals surface area contributed by atoms with Crippen LogP contribution in [0, 0.1) is 13.8 Å². The van der Waals surface area contributed by atoms with Gasteiger partial charge in [0.25, 0.3) is 5.91 Å². The SMILES string of the molecule is Cc1ccc(Sc2ncccc2C(=O)Nc2nnc(C(C)C)s2)cc1C. The van der Waals surface area contributed by atoms with E-state index in [1.54, 1.807) is 18.3 Å². The second-order valence-electron chi connectivity index (χ2n) is 6.26. The van der Waals surface area contributed by atoms with Gasteiger partial charge in [-0.3, -0.25) is 10.1 Å². The van der Waals surface area contributed by atoms with E-state index in [1.165, 1.54) is 34.2 Å².